The minimum absolute atomic E-state index is 0.154. The van der Waals surface area contributed by atoms with Gasteiger partial charge in [0.05, 0.1) is 5.56 Å². The smallest absolute Gasteiger partial charge is 0.287 e. The normalized spacial score (nSPS) is 11.5. The number of hydrogen-bond donors (Lipinski definition) is 0. The van der Waals surface area contributed by atoms with Crippen molar-refractivity contribution in [1.29, 1.82) is 0 Å². The Morgan fingerprint density at radius 1 is 1.19 bits per heavy atom. The van der Waals surface area contributed by atoms with E-state index in [2.05, 4.69) is 36.8 Å². The molecule has 0 fully saturated rings. The minimum atomic E-state index is -4.43. The summed E-state index contributed by atoms with van der Waals surface area (Å²) < 4.78 is 39.0. The lowest BCUT2D eigenvalue weighted by Crippen LogP contribution is -2.10. The molecule has 7 heteroatoms. The van der Waals surface area contributed by atoms with E-state index in [9.17, 15) is 18.0 Å². The summed E-state index contributed by atoms with van der Waals surface area (Å²) >= 11 is 6.44. The number of rotatable bonds is 2. The standard InChI is InChI=1S/C14H8Br2F3NO/c1-7-4-8(14(17,18)19)2-3-10(7)13(21)12-11(16)5-9(15)6-20-12/h2-6H,1H3. The van der Waals surface area contributed by atoms with Crippen molar-refractivity contribution in [1.82, 2.24) is 4.98 Å². The van der Waals surface area contributed by atoms with E-state index in [1.54, 1.807) is 6.07 Å². The van der Waals surface area contributed by atoms with Crippen molar-refractivity contribution in [3.8, 4) is 0 Å². The molecule has 0 bridgehead atoms. The van der Waals surface area contributed by atoms with Crippen LogP contribution < -0.4 is 0 Å². The molecule has 0 aliphatic carbocycles. The Bertz CT molecular complexity index is 714. The van der Waals surface area contributed by atoms with Crippen molar-refractivity contribution in [2.75, 3.05) is 0 Å². The van der Waals surface area contributed by atoms with Crippen LogP contribution in [0.1, 0.15) is 27.2 Å². The fourth-order valence-electron chi connectivity index (χ4n) is 1.80. The molecule has 0 N–H and O–H groups in total. The highest BCUT2D eigenvalue weighted by molar-refractivity contribution is 9.11. The minimum Gasteiger partial charge on any atom is -0.287 e. The van der Waals surface area contributed by atoms with Gasteiger partial charge in [-0.25, -0.2) is 0 Å². The predicted octanol–water partition coefficient (Wildman–Crippen LogP) is 5.16. The van der Waals surface area contributed by atoms with E-state index >= 15 is 0 Å². The van der Waals surface area contributed by atoms with E-state index in [1.807, 2.05) is 0 Å². The first-order chi connectivity index (χ1) is 9.70. The molecule has 1 heterocycles. The summed E-state index contributed by atoms with van der Waals surface area (Å²) in [5, 5.41) is 0. The summed E-state index contributed by atoms with van der Waals surface area (Å²) in [7, 11) is 0. The summed E-state index contributed by atoms with van der Waals surface area (Å²) in [5.41, 5.74) is -0.176. The molecule has 0 aliphatic rings. The van der Waals surface area contributed by atoms with Gasteiger partial charge < -0.3 is 0 Å². The van der Waals surface area contributed by atoms with Crippen LogP contribution in [0.3, 0.4) is 0 Å². The molecule has 2 aromatic rings. The Kier molecular flexibility index (Phi) is 4.53. The van der Waals surface area contributed by atoms with Gasteiger partial charge in [-0.1, -0.05) is 6.07 Å². The van der Waals surface area contributed by atoms with Gasteiger partial charge in [-0.3, -0.25) is 9.78 Å². The molecule has 0 saturated heterocycles. The molecule has 0 aliphatic heterocycles. The Hall–Kier alpha value is -1.21. The number of ketones is 1. The number of aryl methyl sites for hydroxylation is 1. The maximum Gasteiger partial charge on any atom is 0.416 e. The summed E-state index contributed by atoms with van der Waals surface area (Å²) in [6.07, 6.45) is -2.97. The molecular formula is C14H8Br2F3NO. The van der Waals surface area contributed by atoms with Gasteiger partial charge in [0.15, 0.2) is 0 Å². The molecule has 0 saturated carbocycles. The number of pyridine rings is 1. The summed E-state index contributed by atoms with van der Waals surface area (Å²) in [6, 6.07) is 4.68. The van der Waals surface area contributed by atoms with Crippen LogP contribution in [0.4, 0.5) is 13.2 Å². The van der Waals surface area contributed by atoms with E-state index in [-0.39, 0.29) is 16.8 Å². The first-order valence-electron chi connectivity index (χ1n) is 5.73. The zero-order valence-corrected chi connectivity index (χ0v) is 13.8. The average Bonchev–Trinajstić information content (AvgIpc) is 2.36. The number of carbonyl (C=O) groups excluding carboxylic acids is 1. The highest BCUT2D eigenvalue weighted by Gasteiger charge is 2.31. The lowest BCUT2D eigenvalue weighted by Gasteiger charge is -2.11. The van der Waals surface area contributed by atoms with Crippen molar-refractivity contribution in [2.45, 2.75) is 13.1 Å². The molecule has 1 aromatic carbocycles. The molecule has 21 heavy (non-hydrogen) atoms. The first kappa shape index (κ1) is 16.2. The molecular weight excluding hydrogens is 415 g/mol. The molecule has 0 unspecified atom stereocenters. The third-order valence-electron chi connectivity index (χ3n) is 2.82. The van der Waals surface area contributed by atoms with Gasteiger partial charge in [0.1, 0.15) is 5.69 Å². The van der Waals surface area contributed by atoms with E-state index < -0.39 is 17.5 Å². The van der Waals surface area contributed by atoms with Crippen molar-refractivity contribution >= 4 is 37.6 Å². The second-order valence-corrected chi connectivity index (χ2v) is 6.11. The number of aromatic nitrogens is 1. The largest absolute Gasteiger partial charge is 0.416 e. The van der Waals surface area contributed by atoms with Crippen LogP contribution in [0.25, 0.3) is 0 Å². The zero-order valence-electron chi connectivity index (χ0n) is 10.6. The zero-order chi connectivity index (χ0) is 15.8. The van der Waals surface area contributed by atoms with E-state index in [1.165, 1.54) is 19.2 Å². The molecule has 0 amide bonds. The van der Waals surface area contributed by atoms with Gasteiger partial charge in [0, 0.05) is 20.7 Å². The van der Waals surface area contributed by atoms with Crippen molar-refractivity contribution in [3.63, 3.8) is 0 Å². The maximum absolute atomic E-state index is 12.6. The fourth-order valence-corrected chi connectivity index (χ4v) is 2.97. The van der Waals surface area contributed by atoms with Crippen molar-refractivity contribution in [2.24, 2.45) is 0 Å². The summed E-state index contributed by atoms with van der Waals surface area (Å²) in [6.45, 7) is 1.47. The quantitative estimate of drug-likeness (QED) is 0.625. The number of alkyl halides is 3. The van der Waals surface area contributed by atoms with Crippen LogP contribution in [0.2, 0.25) is 0 Å². The Morgan fingerprint density at radius 3 is 2.38 bits per heavy atom. The number of nitrogens with zero attached hydrogens (tertiary/aromatic N) is 1. The molecule has 1 aromatic heterocycles. The highest BCUT2D eigenvalue weighted by atomic mass is 79.9. The van der Waals surface area contributed by atoms with E-state index in [0.717, 1.165) is 12.1 Å². The summed E-state index contributed by atoms with van der Waals surface area (Å²) in [4.78, 5) is 16.4. The van der Waals surface area contributed by atoms with Gasteiger partial charge in [0.2, 0.25) is 5.78 Å². The Labute approximate surface area is 135 Å². The van der Waals surface area contributed by atoms with Gasteiger partial charge in [-0.15, -0.1) is 0 Å². The molecule has 2 rings (SSSR count). The second-order valence-electron chi connectivity index (χ2n) is 4.34. The number of halogens is 5. The molecule has 0 atom stereocenters. The van der Waals surface area contributed by atoms with E-state index in [4.69, 9.17) is 0 Å². The SMILES string of the molecule is Cc1cc(C(F)(F)F)ccc1C(=O)c1ncc(Br)cc1Br. The molecule has 110 valence electrons. The summed E-state index contributed by atoms with van der Waals surface area (Å²) in [5.74, 6) is -0.430. The molecule has 0 spiro atoms. The highest BCUT2D eigenvalue weighted by Crippen LogP contribution is 2.31. The van der Waals surface area contributed by atoms with Gasteiger partial charge in [-0.05, 0) is 62.5 Å². The van der Waals surface area contributed by atoms with Gasteiger partial charge >= 0.3 is 6.18 Å². The predicted molar refractivity (Wildman–Crippen MR) is 79.3 cm³/mol. The number of hydrogen-bond acceptors (Lipinski definition) is 2. The van der Waals surface area contributed by atoms with Crippen LogP contribution in [-0.2, 0) is 6.18 Å². The Morgan fingerprint density at radius 2 is 1.86 bits per heavy atom. The van der Waals surface area contributed by atoms with Gasteiger partial charge in [0.25, 0.3) is 0 Å². The average molecular weight is 423 g/mol. The lowest BCUT2D eigenvalue weighted by atomic mass is 9.99. The number of benzene rings is 1. The molecule has 2 nitrogen and oxygen atoms in total. The third kappa shape index (κ3) is 3.52. The van der Waals surface area contributed by atoms with Crippen molar-refractivity contribution in [3.05, 3.63) is 61.8 Å². The lowest BCUT2D eigenvalue weighted by molar-refractivity contribution is -0.137. The first-order valence-corrected chi connectivity index (χ1v) is 7.32. The monoisotopic (exact) mass is 421 g/mol. The van der Waals surface area contributed by atoms with Crippen LogP contribution in [0, 0.1) is 6.92 Å². The second kappa shape index (κ2) is 5.88. The number of carbonyl (C=O) groups is 1. The van der Waals surface area contributed by atoms with Crippen LogP contribution in [0.15, 0.2) is 39.4 Å². The molecule has 0 radical (unpaired) electrons. The van der Waals surface area contributed by atoms with Crippen LogP contribution in [-0.4, -0.2) is 10.8 Å². The topological polar surface area (TPSA) is 30.0 Å². The van der Waals surface area contributed by atoms with E-state index in [0.29, 0.717) is 8.95 Å². The fraction of sp³-hybridized carbons (Fsp3) is 0.143. The maximum atomic E-state index is 12.6. The Balaban J connectivity index is 2.45. The van der Waals surface area contributed by atoms with Crippen LogP contribution in [0.5, 0.6) is 0 Å². The third-order valence-corrected chi connectivity index (χ3v) is 3.86. The van der Waals surface area contributed by atoms with Crippen LogP contribution >= 0.6 is 31.9 Å². The van der Waals surface area contributed by atoms with Crippen molar-refractivity contribution < 1.29 is 18.0 Å². The van der Waals surface area contributed by atoms with Gasteiger partial charge in [-0.2, -0.15) is 13.2 Å².